The van der Waals surface area contributed by atoms with Crippen LogP contribution in [0, 0.1) is 0 Å². The van der Waals surface area contributed by atoms with Crippen molar-refractivity contribution in [3.63, 3.8) is 0 Å². The Labute approximate surface area is 121 Å². The van der Waals surface area contributed by atoms with Gasteiger partial charge in [0.15, 0.2) is 6.61 Å². The summed E-state index contributed by atoms with van der Waals surface area (Å²) in [6.45, 7) is 3.11. The molecule has 6 heteroatoms. The average Bonchev–Trinajstić information content (AvgIpc) is 2.30. The summed E-state index contributed by atoms with van der Waals surface area (Å²) in [5.74, 6) is -1.08. The molecule has 102 valence electrons. The molecule has 0 spiro atoms. The first-order valence-electron chi connectivity index (χ1n) is 5.45. The lowest BCUT2D eigenvalue weighted by molar-refractivity contribution is -0.142. The molecule has 19 heavy (non-hydrogen) atoms. The Hall–Kier alpha value is -1.52. The smallest absolute Gasteiger partial charge is 0.331 e. The molecular weight excluding hydrogens is 289 g/mol. The van der Waals surface area contributed by atoms with Gasteiger partial charge in [-0.25, -0.2) is 4.79 Å². The number of ether oxygens (including phenoxy) is 1. The van der Waals surface area contributed by atoms with Crippen molar-refractivity contribution in [2.24, 2.45) is 0 Å². The number of carbonyl (C=O) groups is 2. The van der Waals surface area contributed by atoms with Crippen LogP contribution in [-0.4, -0.2) is 18.5 Å². The standard InChI is InChI=1S/C13H13Cl2NO3/c1-8(2)6-12(18)19-7-11(17)16-13-9(14)4-3-5-10(13)15/h3-6H,7H2,1-2H3,(H,16,17). The number of rotatable bonds is 4. The second kappa shape index (κ2) is 7.16. The minimum absolute atomic E-state index is 0.300. The van der Waals surface area contributed by atoms with Crippen molar-refractivity contribution in [3.8, 4) is 0 Å². The Bertz CT molecular complexity index is 502. The molecule has 1 aromatic rings. The van der Waals surface area contributed by atoms with Crippen LogP contribution in [0.3, 0.4) is 0 Å². The topological polar surface area (TPSA) is 55.4 Å². The highest BCUT2D eigenvalue weighted by molar-refractivity contribution is 6.39. The molecule has 0 saturated carbocycles. The van der Waals surface area contributed by atoms with Crippen molar-refractivity contribution in [2.45, 2.75) is 13.8 Å². The van der Waals surface area contributed by atoms with Gasteiger partial charge in [-0.05, 0) is 26.0 Å². The lowest BCUT2D eigenvalue weighted by atomic mass is 10.3. The number of allylic oxidation sites excluding steroid dienone is 1. The van der Waals surface area contributed by atoms with E-state index >= 15 is 0 Å². The van der Waals surface area contributed by atoms with Crippen molar-refractivity contribution in [2.75, 3.05) is 11.9 Å². The van der Waals surface area contributed by atoms with Gasteiger partial charge < -0.3 is 10.1 Å². The summed E-state index contributed by atoms with van der Waals surface area (Å²) in [4.78, 5) is 22.8. The fourth-order valence-corrected chi connectivity index (χ4v) is 1.70. The monoisotopic (exact) mass is 301 g/mol. The lowest BCUT2D eigenvalue weighted by Gasteiger charge is -2.08. The predicted octanol–water partition coefficient (Wildman–Crippen LogP) is 3.44. The Balaban J connectivity index is 2.57. The predicted molar refractivity (Wildman–Crippen MR) is 75.5 cm³/mol. The molecule has 1 N–H and O–H groups in total. The van der Waals surface area contributed by atoms with E-state index in [9.17, 15) is 9.59 Å². The number of carbonyl (C=O) groups excluding carboxylic acids is 2. The van der Waals surface area contributed by atoms with Crippen LogP contribution in [0.5, 0.6) is 0 Å². The first kappa shape index (κ1) is 15.5. The number of nitrogens with one attached hydrogen (secondary N) is 1. The van der Waals surface area contributed by atoms with Gasteiger partial charge >= 0.3 is 5.97 Å². The van der Waals surface area contributed by atoms with Gasteiger partial charge in [0.25, 0.3) is 5.91 Å². The molecule has 0 aromatic heterocycles. The van der Waals surface area contributed by atoms with Gasteiger partial charge in [0.1, 0.15) is 0 Å². The highest BCUT2D eigenvalue weighted by Crippen LogP contribution is 2.29. The molecule has 1 aromatic carbocycles. The molecule has 0 aliphatic rings. The van der Waals surface area contributed by atoms with Crippen LogP contribution in [0.25, 0.3) is 0 Å². The minimum Gasteiger partial charge on any atom is -0.452 e. The van der Waals surface area contributed by atoms with Gasteiger partial charge in [-0.15, -0.1) is 0 Å². The van der Waals surface area contributed by atoms with E-state index in [-0.39, 0.29) is 0 Å². The van der Waals surface area contributed by atoms with E-state index in [1.54, 1.807) is 32.0 Å². The van der Waals surface area contributed by atoms with Gasteiger partial charge in [0, 0.05) is 6.08 Å². The minimum atomic E-state index is -0.569. The summed E-state index contributed by atoms with van der Waals surface area (Å²) >= 11 is 11.8. The molecular formula is C13H13Cl2NO3. The first-order valence-corrected chi connectivity index (χ1v) is 6.21. The first-order chi connectivity index (χ1) is 8.90. The number of halogens is 2. The molecule has 0 aliphatic carbocycles. The molecule has 0 bridgehead atoms. The fourth-order valence-electron chi connectivity index (χ4n) is 1.21. The lowest BCUT2D eigenvalue weighted by Crippen LogP contribution is -2.20. The van der Waals surface area contributed by atoms with Gasteiger partial charge in [0.2, 0.25) is 0 Å². The molecule has 0 radical (unpaired) electrons. The van der Waals surface area contributed by atoms with Gasteiger partial charge in [-0.2, -0.15) is 0 Å². The quantitative estimate of drug-likeness (QED) is 0.684. The summed E-state index contributed by atoms with van der Waals surface area (Å²) in [6, 6.07) is 4.85. The molecule has 1 amide bonds. The average molecular weight is 302 g/mol. The van der Waals surface area contributed by atoms with Crippen LogP contribution in [-0.2, 0) is 14.3 Å². The summed E-state index contributed by atoms with van der Waals surface area (Å²) in [6.07, 6.45) is 1.30. The van der Waals surface area contributed by atoms with E-state index in [1.165, 1.54) is 6.08 Å². The molecule has 0 fully saturated rings. The number of para-hydroxylation sites is 1. The zero-order valence-electron chi connectivity index (χ0n) is 10.5. The zero-order chi connectivity index (χ0) is 14.4. The van der Waals surface area contributed by atoms with Crippen molar-refractivity contribution < 1.29 is 14.3 Å². The molecule has 1 rings (SSSR count). The summed E-state index contributed by atoms with van der Waals surface area (Å²) in [5.41, 5.74) is 1.09. The van der Waals surface area contributed by atoms with Crippen LogP contribution in [0.2, 0.25) is 10.0 Å². The van der Waals surface area contributed by atoms with Crippen LogP contribution in [0.1, 0.15) is 13.8 Å². The Kier molecular flexibility index (Phi) is 5.86. The van der Waals surface area contributed by atoms with Gasteiger partial charge in [-0.3, -0.25) is 4.79 Å². The number of amides is 1. The number of hydrogen-bond acceptors (Lipinski definition) is 3. The second-order valence-corrected chi connectivity index (χ2v) is 4.79. The zero-order valence-corrected chi connectivity index (χ0v) is 12.0. The van der Waals surface area contributed by atoms with Crippen LogP contribution in [0.4, 0.5) is 5.69 Å². The normalized spacial score (nSPS) is 9.68. The summed E-state index contributed by atoms with van der Waals surface area (Å²) in [5, 5.41) is 3.12. The van der Waals surface area contributed by atoms with Crippen molar-refractivity contribution in [1.82, 2.24) is 0 Å². The largest absolute Gasteiger partial charge is 0.452 e. The van der Waals surface area contributed by atoms with Crippen LogP contribution < -0.4 is 5.32 Å². The van der Waals surface area contributed by atoms with Gasteiger partial charge in [-0.1, -0.05) is 34.8 Å². The molecule has 4 nitrogen and oxygen atoms in total. The Morgan fingerprint density at radius 3 is 2.37 bits per heavy atom. The maximum atomic E-state index is 11.6. The molecule has 0 unspecified atom stereocenters. The highest BCUT2D eigenvalue weighted by atomic mass is 35.5. The number of esters is 1. The maximum absolute atomic E-state index is 11.6. The van der Waals surface area contributed by atoms with Crippen molar-refractivity contribution >= 4 is 40.8 Å². The molecule has 0 atom stereocenters. The van der Waals surface area contributed by atoms with E-state index in [2.05, 4.69) is 5.32 Å². The second-order valence-electron chi connectivity index (χ2n) is 3.97. The highest BCUT2D eigenvalue weighted by Gasteiger charge is 2.10. The number of anilines is 1. The molecule has 0 saturated heterocycles. The maximum Gasteiger partial charge on any atom is 0.331 e. The van der Waals surface area contributed by atoms with Crippen molar-refractivity contribution in [1.29, 1.82) is 0 Å². The third kappa shape index (κ3) is 5.32. The third-order valence-electron chi connectivity index (χ3n) is 1.98. The van der Waals surface area contributed by atoms with Crippen LogP contribution >= 0.6 is 23.2 Å². The molecule has 0 heterocycles. The van der Waals surface area contributed by atoms with Gasteiger partial charge in [0.05, 0.1) is 15.7 Å². The van der Waals surface area contributed by atoms with E-state index in [4.69, 9.17) is 27.9 Å². The molecule has 0 aliphatic heterocycles. The number of hydrogen-bond donors (Lipinski definition) is 1. The van der Waals surface area contributed by atoms with Crippen molar-refractivity contribution in [3.05, 3.63) is 39.9 Å². The summed E-state index contributed by atoms with van der Waals surface area (Å²) in [7, 11) is 0. The fraction of sp³-hybridized carbons (Fsp3) is 0.231. The SMILES string of the molecule is CC(C)=CC(=O)OCC(=O)Nc1c(Cl)cccc1Cl. The summed E-state index contributed by atoms with van der Waals surface area (Å²) < 4.78 is 4.75. The van der Waals surface area contributed by atoms with Crippen LogP contribution in [0.15, 0.2) is 29.8 Å². The van der Waals surface area contributed by atoms with E-state index < -0.39 is 18.5 Å². The van der Waals surface area contributed by atoms with E-state index in [0.717, 1.165) is 5.57 Å². The Morgan fingerprint density at radius 2 is 1.84 bits per heavy atom. The third-order valence-corrected chi connectivity index (χ3v) is 2.61. The van der Waals surface area contributed by atoms with E-state index in [0.29, 0.717) is 15.7 Å². The number of benzene rings is 1. The van der Waals surface area contributed by atoms with E-state index in [1.807, 2.05) is 0 Å². The Morgan fingerprint density at radius 1 is 1.26 bits per heavy atom.